The lowest BCUT2D eigenvalue weighted by Crippen LogP contribution is -2.47. The maximum absolute atomic E-state index is 12.4. The molecule has 3 heterocycles. The molecule has 0 saturated carbocycles. The van der Waals surface area contributed by atoms with Crippen molar-refractivity contribution in [3.05, 3.63) is 24.2 Å². The lowest BCUT2D eigenvalue weighted by atomic mass is 10.1. The molecular formula is C17H25N3O4. The zero-order chi connectivity index (χ0) is 16.9. The average molecular weight is 335 g/mol. The standard InChI is InChI=1S/C17H25N3O4/c1-13(10-19-4-7-23-8-5-19)18-17(22)14-9-16(21)20(11-14)12-15-3-2-6-24-15/h2-3,6,13-14H,4-5,7-12H2,1H3,(H,18,22)/t13-,14+/m0/s1. The Morgan fingerprint density at radius 2 is 2.21 bits per heavy atom. The molecule has 2 atom stereocenters. The monoisotopic (exact) mass is 335 g/mol. The summed E-state index contributed by atoms with van der Waals surface area (Å²) in [5.41, 5.74) is 0. The number of carbonyl (C=O) groups excluding carboxylic acids is 2. The van der Waals surface area contributed by atoms with Crippen molar-refractivity contribution in [1.29, 1.82) is 0 Å². The highest BCUT2D eigenvalue weighted by Crippen LogP contribution is 2.20. The molecule has 0 aromatic carbocycles. The highest BCUT2D eigenvalue weighted by Gasteiger charge is 2.35. The Bertz CT molecular complexity index is 554. The van der Waals surface area contributed by atoms with Crippen molar-refractivity contribution in [2.24, 2.45) is 5.92 Å². The van der Waals surface area contributed by atoms with Gasteiger partial charge in [0.15, 0.2) is 0 Å². The van der Waals surface area contributed by atoms with Crippen LogP contribution in [0.15, 0.2) is 22.8 Å². The first kappa shape index (κ1) is 17.0. The molecule has 24 heavy (non-hydrogen) atoms. The van der Waals surface area contributed by atoms with Gasteiger partial charge in [-0.2, -0.15) is 0 Å². The maximum Gasteiger partial charge on any atom is 0.225 e. The highest BCUT2D eigenvalue weighted by molar-refractivity contribution is 5.89. The number of hydrogen-bond acceptors (Lipinski definition) is 5. The smallest absolute Gasteiger partial charge is 0.225 e. The number of carbonyl (C=O) groups is 2. The predicted molar refractivity (Wildman–Crippen MR) is 87.1 cm³/mol. The van der Waals surface area contributed by atoms with Crippen LogP contribution in [0.3, 0.4) is 0 Å². The van der Waals surface area contributed by atoms with Crippen molar-refractivity contribution in [1.82, 2.24) is 15.1 Å². The summed E-state index contributed by atoms with van der Waals surface area (Å²) >= 11 is 0. The summed E-state index contributed by atoms with van der Waals surface area (Å²) in [5, 5.41) is 3.05. The van der Waals surface area contributed by atoms with Gasteiger partial charge in [-0.05, 0) is 19.1 Å². The van der Waals surface area contributed by atoms with Gasteiger partial charge >= 0.3 is 0 Å². The molecule has 132 valence electrons. The van der Waals surface area contributed by atoms with Gasteiger partial charge in [0.25, 0.3) is 0 Å². The lowest BCUT2D eigenvalue weighted by Gasteiger charge is -2.29. The summed E-state index contributed by atoms with van der Waals surface area (Å²) in [5.74, 6) is 0.433. The summed E-state index contributed by atoms with van der Waals surface area (Å²) < 4.78 is 10.6. The van der Waals surface area contributed by atoms with E-state index in [0.29, 0.717) is 13.1 Å². The third-order valence-electron chi connectivity index (χ3n) is 4.54. The van der Waals surface area contributed by atoms with Crippen LogP contribution in [0.5, 0.6) is 0 Å². The first-order valence-electron chi connectivity index (χ1n) is 8.52. The predicted octanol–water partition coefficient (Wildman–Crippen LogP) is 0.465. The summed E-state index contributed by atoms with van der Waals surface area (Å²) in [6, 6.07) is 3.70. The van der Waals surface area contributed by atoms with E-state index in [1.54, 1.807) is 17.2 Å². The largest absolute Gasteiger partial charge is 0.467 e. The van der Waals surface area contributed by atoms with Crippen LogP contribution < -0.4 is 5.32 Å². The minimum atomic E-state index is -0.278. The molecule has 0 aliphatic carbocycles. The summed E-state index contributed by atoms with van der Waals surface area (Å²) in [4.78, 5) is 28.5. The van der Waals surface area contributed by atoms with Crippen molar-refractivity contribution < 1.29 is 18.7 Å². The van der Waals surface area contributed by atoms with Crippen molar-refractivity contribution in [2.75, 3.05) is 39.4 Å². The fourth-order valence-corrected chi connectivity index (χ4v) is 3.27. The van der Waals surface area contributed by atoms with E-state index in [0.717, 1.165) is 38.6 Å². The average Bonchev–Trinajstić information content (AvgIpc) is 3.19. The van der Waals surface area contributed by atoms with E-state index in [4.69, 9.17) is 9.15 Å². The zero-order valence-electron chi connectivity index (χ0n) is 14.1. The van der Waals surface area contributed by atoms with E-state index in [1.807, 2.05) is 13.0 Å². The molecule has 2 amide bonds. The Labute approximate surface area is 141 Å². The molecule has 2 aliphatic rings. The summed E-state index contributed by atoms with van der Waals surface area (Å²) in [6.45, 7) is 7.00. The molecule has 1 aromatic rings. The van der Waals surface area contributed by atoms with Crippen LogP contribution in [0.2, 0.25) is 0 Å². The fourth-order valence-electron chi connectivity index (χ4n) is 3.27. The molecule has 2 saturated heterocycles. The second-order valence-corrected chi connectivity index (χ2v) is 6.58. The maximum atomic E-state index is 12.4. The van der Waals surface area contributed by atoms with Gasteiger partial charge in [-0.25, -0.2) is 0 Å². The first-order valence-corrected chi connectivity index (χ1v) is 8.52. The van der Waals surface area contributed by atoms with E-state index in [1.165, 1.54) is 0 Å². The number of morpholine rings is 1. The van der Waals surface area contributed by atoms with E-state index < -0.39 is 0 Å². The zero-order valence-corrected chi connectivity index (χ0v) is 14.1. The molecule has 7 nitrogen and oxygen atoms in total. The van der Waals surface area contributed by atoms with E-state index in [-0.39, 0.29) is 30.2 Å². The molecule has 2 fully saturated rings. The van der Waals surface area contributed by atoms with E-state index in [2.05, 4.69) is 10.2 Å². The van der Waals surface area contributed by atoms with Gasteiger partial charge in [0.1, 0.15) is 5.76 Å². The number of ether oxygens (including phenoxy) is 1. The van der Waals surface area contributed by atoms with Crippen molar-refractivity contribution in [3.63, 3.8) is 0 Å². The highest BCUT2D eigenvalue weighted by atomic mass is 16.5. The Morgan fingerprint density at radius 3 is 2.92 bits per heavy atom. The number of hydrogen-bond donors (Lipinski definition) is 1. The minimum Gasteiger partial charge on any atom is -0.467 e. The van der Waals surface area contributed by atoms with Crippen molar-refractivity contribution in [2.45, 2.75) is 25.9 Å². The lowest BCUT2D eigenvalue weighted by molar-refractivity contribution is -0.129. The molecule has 0 bridgehead atoms. The molecule has 0 radical (unpaired) electrons. The summed E-state index contributed by atoms with van der Waals surface area (Å²) in [6.07, 6.45) is 1.87. The molecule has 1 N–H and O–H groups in total. The van der Waals surface area contributed by atoms with Crippen LogP contribution in [0.4, 0.5) is 0 Å². The van der Waals surface area contributed by atoms with Crippen molar-refractivity contribution >= 4 is 11.8 Å². The Kier molecular flexibility index (Phi) is 5.52. The van der Waals surface area contributed by atoms with E-state index >= 15 is 0 Å². The number of likely N-dealkylation sites (tertiary alicyclic amines) is 1. The third-order valence-corrected chi connectivity index (χ3v) is 4.54. The third kappa shape index (κ3) is 4.36. The van der Waals surface area contributed by atoms with Crippen LogP contribution in [0, 0.1) is 5.92 Å². The normalized spacial score (nSPS) is 23.5. The van der Waals surface area contributed by atoms with Crippen LogP contribution in [0.25, 0.3) is 0 Å². The van der Waals surface area contributed by atoms with Gasteiger partial charge in [0.05, 0.1) is 31.9 Å². The van der Waals surface area contributed by atoms with Crippen LogP contribution in [-0.2, 0) is 20.9 Å². The van der Waals surface area contributed by atoms with Crippen LogP contribution >= 0.6 is 0 Å². The topological polar surface area (TPSA) is 75.0 Å². The molecule has 7 heteroatoms. The molecule has 1 aromatic heterocycles. The summed E-state index contributed by atoms with van der Waals surface area (Å²) in [7, 11) is 0. The second-order valence-electron chi connectivity index (χ2n) is 6.58. The second kappa shape index (κ2) is 7.81. The number of furan rings is 1. The Morgan fingerprint density at radius 1 is 1.42 bits per heavy atom. The minimum absolute atomic E-state index is 0.00684. The number of nitrogens with zero attached hydrogens (tertiary/aromatic N) is 2. The number of amides is 2. The molecule has 0 unspecified atom stereocenters. The Hall–Kier alpha value is -1.86. The van der Waals surface area contributed by atoms with Gasteiger partial charge in [-0.3, -0.25) is 14.5 Å². The quantitative estimate of drug-likeness (QED) is 0.818. The molecular weight excluding hydrogens is 310 g/mol. The fraction of sp³-hybridized carbons (Fsp3) is 0.647. The number of rotatable bonds is 6. The Balaban J connectivity index is 1.45. The first-order chi connectivity index (χ1) is 11.6. The van der Waals surface area contributed by atoms with Gasteiger partial charge in [0, 0.05) is 38.6 Å². The number of nitrogens with one attached hydrogen (secondary N) is 1. The molecule has 0 spiro atoms. The van der Waals surface area contributed by atoms with Gasteiger partial charge < -0.3 is 19.4 Å². The van der Waals surface area contributed by atoms with Gasteiger partial charge in [0.2, 0.25) is 11.8 Å². The molecule has 3 rings (SSSR count). The van der Waals surface area contributed by atoms with E-state index in [9.17, 15) is 9.59 Å². The SMILES string of the molecule is C[C@@H](CN1CCOCC1)NC(=O)[C@@H]1CC(=O)N(Cc2ccco2)C1. The molecule has 2 aliphatic heterocycles. The van der Waals surface area contributed by atoms with Crippen LogP contribution in [0.1, 0.15) is 19.1 Å². The van der Waals surface area contributed by atoms with Crippen LogP contribution in [-0.4, -0.2) is 67.0 Å². The van der Waals surface area contributed by atoms with Crippen molar-refractivity contribution in [3.8, 4) is 0 Å². The van der Waals surface area contributed by atoms with Gasteiger partial charge in [-0.15, -0.1) is 0 Å². The van der Waals surface area contributed by atoms with Gasteiger partial charge in [-0.1, -0.05) is 0 Å².